The van der Waals surface area contributed by atoms with Gasteiger partial charge in [-0.2, -0.15) is 0 Å². The van der Waals surface area contributed by atoms with Crippen molar-refractivity contribution in [3.05, 3.63) is 26.8 Å². The average molecular weight is 362 g/mol. The van der Waals surface area contributed by atoms with E-state index in [2.05, 4.69) is 45.7 Å². The van der Waals surface area contributed by atoms with E-state index in [1.54, 1.807) is 0 Å². The predicted molar refractivity (Wildman–Crippen MR) is 81.9 cm³/mol. The van der Waals surface area contributed by atoms with Crippen molar-refractivity contribution in [1.82, 2.24) is 0 Å². The van der Waals surface area contributed by atoms with Crippen LogP contribution in [0, 0.1) is 8.99 Å². The van der Waals surface area contributed by atoms with Crippen LogP contribution in [0.5, 0.6) is 0 Å². The summed E-state index contributed by atoms with van der Waals surface area (Å²) in [5, 5.41) is 0.905. The zero-order valence-corrected chi connectivity index (χ0v) is 12.8. The maximum atomic E-state index is 6.32. The molecule has 1 saturated carbocycles. The maximum absolute atomic E-state index is 6.32. The Hall–Kier alpha value is 0.0400. The number of hydrogen-bond acceptors (Lipinski definition) is 1. The van der Waals surface area contributed by atoms with Crippen LogP contribution >= 0.6 is 34.2 Å². The molecule has 0 atom stereocenters. The first-order valence-corrected chi connectivity index (χ1v) is 7.84. The molecule has 0 unspecified atom stereocenters. The molecule has 2 aliphatic rings. The van der Waals surface area contributed by atoms with Crippen LogP contribution in [-0.4, -0.2) is 13.1 Å². The quantitative estimate of drug-likeness (QED) is 0.655. The average Bonchev–Trinajstić information content (AvgIpc) is 2.27. The molecule has 0 amide bonds. The Kier molecular flexibility index (Phi) is 3.28. The molecule has 1 aliphatic heterocycles. The lowest BCUT2D eigenvalue weighted by atomic mass is 9.68. The molecule has 0 bridgehead atoms. The van der Waals surface area contributed by atoms with Gasteiger partial charge in [0.2, 0.25) is 0 Å². The van der Waals surface area contributed by atoms with Gasteiger partial charge < -0.3 is 4.90 Å². The predicted octanol–water partition coefficient (Wildman–Crippen LogP) is 4.72. The molecule has 92 valence electrons. The molecule has 0 N–H and O–H groups in total. The van der Waals surface area contributed by atoms with Crippen LogP contribution in [0.3, 0.4) is 0 Å². The summed E-state index contributed by atoms with van der Waals surface area (Å²) in [6.45, 7) is 2.43. The number of benzene rings is 1. The molecule has 1 saturated heterocycles. The van der Waals surface area contributed by atoms with Crippen LogP contribution in [0.4, 0.5) is 5.69 Å². The minimum Gasteiger partial charge on any atom is -0.369 e. The molecule has 2 fully saturated rings. The van der Waals surface area contributed by atoms with E-state index >= 15 is 0 Å². The van der Waals surface area contributed by atoms with E-state index in [4.69, 9.17) is 11.6 Å². The SMILES string of the molecule is Clc1cc(I)ccc1N1CC2(CCCCC2)C1. The van der Waals surface area contributed by atoms with Gasteiger partial charge in [-0.25, -0.2) is 0 Å². The van der Waals surface area contributed by atoms with Gasteiger partial charge in [0.05, 0.1) is 10.7 Å². The molecule has 0 radical (unpaired) electrons. The molecule has 1 nitrogen and oxygen atoms in total. The summed E-state index contributed by atoms with van der Waals surface area (Å²) in [6.07, 6.45) is 7.13. The highest BCUT2D eigenvalue weighted by Crippen LogP contribution is 2.46. The fourth-order valence-electron chi connectivity index (χ4n) is 3.29. The summed E-state index contributed by atoms with van der Waals surface area (Å²) in [5.74, 6) is 0. The maximum Gasteiger partial charge on any atom is 0.0650 e. The third-order valence-corrected chi connectivity index (χ3v) is 5.19. The van der Waals surface area contributed by atoms with Crippen LogP contribution in [-0.2, 0) is 0 Å². The third-order valence-electron chi connectivity index (χ3n) is 4.22. The number of nitrogens with zero attached hydrogens (tertiary/aromatic N) is 1. The van der Waals surface area contributed by atoms with Crippen molar-refractivity contribution >= 4 is 39.9 Å². The Morgan fingerprint density at radius 3 is 2.47 bits per heavy atom. The van der Waals surface area contributed by atoms with Crippen molar-refractivity contribution in [2.45, 2.75) is 32.1 Å². The van der Waals surface area contributed by atoms with Crippen molar-refractivity contribution in [1.29, 1.82) is 0 Å². The lowest BCUT2D eigenvalue weighted by molar-refractivity contribution is 0.139. The summed E-state index contributed by atoms with van der Waals surface area (Å²) < 4.78 is 1.21. The summed E-state index contributed by atoms with van der Waals surface area (Å²) in [5.41, 5.74) is 1.85. The molecule has 3 heteroatoms. The van der Waals surface area contributed by atoms with Gasteiger partial charge in [0.25, 0.3) is 0 Å². The van der Waals surface area contributed by atoms with Crippen LogP contribution in [0.2, 0.25) is 5.02 Å². The van der Waals surface area contributed by atoms with Gasteiger partial charge in [-0.3, -0.25) is 0 Å². The first kappa shape index (κ1) is 12.1. The van der Waals surface area contributed by atoms with E-state index in [0.717, 1.165) is 5.02 Å². The van der Waals surface area contributed by atoms with E-state index < -0.39 is 0 Å². The Balaban J connectivity index is 1.72. The zero-order chi connectivity index (χ0) is 11.9. The summed E-state index contributed by atoms with van der Waals surface area (Å²) in [4.78, 5) is 2.45. The fourth-order valence-corrected chi connectivity index (χ4v) is 4.26. The van der Waals surface area contributed by atoms with Crippen molar-refractivity contribution in [2.75, 3.05) is 18.0 Å². The number of halogens is 2. The molecule has 1 aromatic carbocycles. The normalized spacial score (nSPS) is 22.6. The first-order chi connectivity index (χ1) is 8.19. The highest BCUT2D eigenvalue weighted by molar-refractivity contribution is 14.1. The fraction of sp³-hybridized carbons (Fsp3) is 0.571. The Bertz CT molecular complexity index is 418. The van der Waals surface area contributed by atoms with E-state index in [0.29, 0.717) is 5.41 Å². The second kappa shape index (κ2) is 4.61. The Morgan fingerprint density at radius 1 is 1.12 bits per heavy atom. The summed E-state index contributed by atoms with van der Waals surface area (Å²) >= 11 is 8.63. The molecular formula is C14H17ClIN. The topological polar surface area (TPSA) is 3.24 Å². The number of hydrogen-bond donors (Lipinski definition) is 0. The lowest BCUT2D eigenvalue weighted by Gasteiger charge is -2.53. The van der Waals surface area contributed by atoms with E-state index in [9.17, 15) is 0 Å². The molecule has 17 heavy (non-hydrogen) atoms. The zero-order valence-electron chi connectivity index (χ0n) is 9.88. The minimum absolute atomic E-state index is 0.630. The van der Waals surface area contributed by atoms with Gasteiger partial charge >= 0.3 is 0 Å². The molecule has 3 rings (SSSR count). The Labute approximate surface area is 122 Å². The van der Waals surface area contributed by atoms with Gasteiger partial charge in [-0.05, 0) is 53.6 Å². The second-order valence-electron chi connectivity index (χ2n) is 5.51. The molecule has 1 aliphatic carbocycles. The van der Waals surface area contributed by atoms with Crippen molar-refractivity contribution in [3.8, 4) is 0 Å². The third kappa shape index (κ3) is 2.30. The lowest BCUT2D eigenvalue weighted by Crippen LogP contribution is -2.57. The molecule has 0 aromatic heterocycles. The van der Waals surface area contributed by atoms with Crippen molar-refractivity contribution < 1.29 is 0 Å². The molecule has 1 heterocycles. The monoisotopic (exact) mass is 361 g/mol. The van der Waals surface area contributed by atoms with Gasteiger partial charge in [-0.15, -0.1) is 0 Å². The van der Waals surface area contributed by atoms with E-state index in [-0.39, 0.29) is 0 Å². The van der Waals surface area contributed by atoms with Gasteiger partial charge in [0, 0.05) is 22.1 Å². The molecule has 1 aromatic rings. The van der Waals surface area contributed by atoms with Crippen LogP contribution < -0.4 is 4.90 Å². The second-order valence-corrected chi connectivity index (χ2v) is 7.17. The first-order valence-electron chi connectivity index (χ1n) is 6.39. The summed E-state index contributed by atoms with van der Waals surface area (Å²) in [6, 6.07) is 6.37. The van der Waals surface area contributed by atoms with Gasteiger partial charge in [0.15, 0.2) is 0 Å². The standard InChI is InChI=1S/C14H17ClIN/c15-12-8-11(16)4-5-13(12)17-9-14(10-17)6-2-1-3-7-14/h4-5,8H,1-3,6-7,9-10H2. The van der Waals surface area contributed by atoms with E-state index in [1.807, 2.05) is 0 Å². The number of anilines is 1. The van der Waals surface area contributed by atoms with E-state index in [1.165, 1.54) is 54.5 Å². The van der Waals surface area contributed by atoms with Gasteiger partial charge in [0.1, 0.15) is 0 Å². The van der Waals surface area contributed by atoms with Crippen molar-refractivity contribution in [3.63, 3.8) is 0 Å². The summed E-state index contributed by atoms with van der Waals surface area (Å²) in [7, 11) is 0. The largest absolute Gasteiger partial charge is 0.369 e. The smallest absolute Gasteiger partial charge is 0.0650 e. The Morgan fingerprint density at radius 2 is 1.82 bits per heavy atom. The van der Waals surface area contributed by atoms with Crippen molar-refractivity contribution in [2.24, 2.45) is 5.41 Å². The van der Waals surface area contributed by atoms with Crippen LogP contribution in [0.1, 0.15) is 32.1 Å². The van der Waals surface area contributed by atoms with Crippen LogP contribution in [0.15, 0.2) is 18.2 Å². The molecular weight excluding hydrogens is 345 g/mol. The highest BCUT2D eigenvalue weighted by atomic mass is 127. The highest BCUT2D eigenvalue weighted by Gasteiger charge is 2.43. The molecule has 1 spiro atoms. The van der Waals surface area contributed by atoms with Gasteiger partial charge in [-0.1, -0.05) is 30.9 Å². The minimum atomic E-state index is 0.630. The number of rotatable bonds is 1. The van der Waals surface area contributed by atoms with Crippen LogP contribution in [0.25, 0.3) is 0 Å².